The molecule has 2 saturated carbocycles. The van der Waals surface area contributed by atoms with Crippen molar-refractivity contribution in [1.29, 1.82) is 0 Å². The summed E-state index contributed by atoms with van der Waals surface area (Å²) in [7, 11) is 0. The maximum absolute atomic E-state index is 13.1. The molecular formula is C40H56O5. The van der Waals surface area contributed by atoms with E-state index in [1.54, 1.807) is 6.92 Å². The molecule has 0 bridgehead atoms. The lowest BCUT2D eigenvalue weighted by Crippen LogP contribution is -2.48. The average Bonchev–Trinajstić information content (AvgIpc) is 3.49. The molecule has 3 fully saturated rings. The van der Waals surface area contributed by atoms with E-state index in [1.807, 2.05) is 115 Å². The molecule has 1 aliphatic heterocycles. The number of rotatable bonds is 10. The van der Waals surface area contributed by atoms with Crippen LogP contribution in [0.2, 0.25) is 0 Å². The third kappa shape index (κ3) is 8.93. The fraction of sp³-hybridized carbons (Fsp3) is 0.550. The van der Waals surface area contributed by atoms with Gasteiger partial charge in [0, 0.05) is 24.8 Å². The molecule has 3 rings (SSSR count). The monoisotopic (exact) mass is 616 g/mol. The van der Waals surface area contributed by atoms with E-state index in [4.69, 9.17) is 4.74 Å². The Morgan fingerprint density at radius 3 is 1.87 bits per heavy atom. The van der Waals surface area contributed by atoms with Gasteiger partial charge in [-0.15, -0.1) is 5.73 Å². The second-order valence-electron chi connectivity index (χ2n) is 15.3. The van der Waals surface area contributed by atoms with Gasteiger partial charge in [0.15, 0.2) is 5.78 Å². The zero-order valence-electron chi connectivity index (χ0n) is 29.2. The van der Waals surface area contributed by atoms with Gasteiger partial charge in [0.1, 0.15) is 5.60 Å². The van der Waals surface area contributed by atoms with Crippen LogP contribution in [0.3, 0.4) is 0 Å². The van der Waals surface area contributed by atoms with E-state index in [0.717, 1.165) is 22.3 Å². The topological polar surface area (TPSA) is 90.3 Å². The number of Topliss-reactive ketones (excluding diaryl/α,β-unsaturated/α-hetero) is 1. The molecule has 3 aliphatic rings. The molecule has 5 atom stereocenters. The van der Waals surface area contributed by atoms with E-state index in [1.165, 1.54) is 0 Å². The molecule has 0 spiro atoms. The van der Waals surface area contributed by atoms with Gasteiger partial charge in [-0.2, -0.15) is 0 Å². The number of ether oxygens (including phenoxy) is 1. The summed E-state index contributed by atoms with van der Waals surface area (Å²) in [4.78, 5) is 13.1. The zero-order valence-corrected chi connectivity index (χ0v) is 29.2. The average molecular weight is 617 g/mol. The quantitative estimate of drug-likeness (QED) is 0.0998. The molecule has 5 nitrogen and oxygen atoms in total. The molecule has 1 heterocycles. The molecule has 0 unspecified atom stereocenters. The van der Waals surface area contributed by atoms with Crippen LogP contribution in [0.5, 0.6) is 0 Å². The first-order valence-electron chi connectivity index (χ1n) is 16.2. The van der Waals surface area contributed by atoms with Gasteiger partial charge in [0.05, 0.1) is 23.4 Å². The van der Waals surface area contributed by atoms with Gasteiger partial charge in [-0.25, -0.2) is 0 Å². The third-order valence-electron chi connectivity index (χ3n) is 9.82. The van der Waals surface area contributed by atoms with E-state index in [-0.39, 0.29) is 22.7 Å². The predicted octanol–water partition coefficient (Wildman–Crippen LogP) is 8.12. The number of carbonyl (C=O) groups is 1. The summed E-state index contributed by atoms with van der Waals surface area (Å²) in [6.45, 7) is 20.0. The van der Waals surface area contributed by atoms with Gasteiger partial charge in [-0.1, -0.05) is 99.6 Å². The molecule has 0 aromatic rings. The van der Waals surface area contributed by atoms with E-state index in [9.17, 15) is 20.1 Å². The van der Waals surface area contributed by atoms with Gasteiger partial charge in [-0.3, -0.25) is 4.79 Å². The summed E-state index contributed by atoms with van der Waals surface area (Å²) in [5.41, 5.74) is 5.48. The lowest BCUT2D eigenvalue weighted by Gasteiger charge is -2.43. The first kappa shape index (κ1) is 36.7. The lowest BCUT2D eigenvalue weighted by molar-refractivity contribution is -0.118. The number of aliphatic hydroxyl groups is 3. The van der Waals surface area contributed by atoms with Gasteiger partial charge >= 0.3 is 0 Å². The van der Waals surface area contributed by atoms with Gasteiger partial charge < -0.3 is 20.1 Å². The number of aliphatic hydroxyl groups excluding tert-OH is 2. The van der Waals surface area contributed by atoms with Crippen LogP contribution in [-0.2, 0) is 9.53 Å². The summed E-state index contributed by atoms with van der Waals surface area (Å²) in [5.74, 6) is 0.0863. The fourth-order valence-corrected chi connectivity index (χ4v) is 7.48. The Bertz CT molecular complexity index is 1400. The highest BCUT2D eigenvalue weighted by atomic mass is 16.6. The Morgan fingerprint density at radius 1 is 0.778 bits per heavy atom. The number of ketones is 1. The van der Waals surface area contributed by atoms with Crippen LogP contribution in [0, 0.1) is 10.8 Å². The summed E-state index contributed by atoms with van der Waals surface area (Å²) < 4.78 is 6.18. The van der Waals surface area contributed by atoms with Crippen molar-refractivity contribution in [2.75, 3.05) is 0 Å². The summed E-state index contributed by atoms with van der Waals surface area (Å²) >= 11 is 0. The number of carbonyl (C=O) groups excluding carboxylic acids is 1. The first-order valence-corrected chi connectivity index (χ1v) is 16.2. The summed E-state index contributed by atoms with van der Waals surface area (Å²) in [6, 6.07) is 0. The number of hydrogen-bond donors (Lipinski definition) is 3. The molecular weight excluding hydrogens is 560 g/mol. The highest BCUT2D eigenvalue weighted by Crippen LogP contribution is 2.67. The van der Waals surface area contributed by atoms with E-state index in [2.05, 4.69) is 19.6 Å². The van der Waals surface area contributed by atoms with Crippen molar-refractivity contribution in [3.8, 4) is 0 Å². The molecule has 1 saturated heterocycles. The van der Waals surface area contributed by atoms with Crippen molar-refractivity contribution in [3.63, 3.8) is 0 Å². The minimum Gasteiger partial charge on any atom is -0.393 e. The Hall–Kier alpha value is -2.79. The normalized spacial score (nSPS) is 33.9. The molecule has 3 N–H and O–H groups in total. The Balaban J connectivity index is 1.53. The Morgan fingerprint density at radius 2 is 1.31 bits per heavy atom. The molecule has 45 heavy (non-hydrogen) atoms. The second-order valence-corrected chi connectivity index (χ2v) is 15.3. The van der Waals surface area contributed by atoms with Crippen molar-refractivity contribution in [2.45, 2.75) is 130 Å². The Labute approximate surface area is 271 Å². The fourth-order valence-electron chi connectivity index (χ4n) is 7.48. The van der Waals surface area contributed by atoms with Crippen LogP contribution in [0.1, 0.15) is 101 Å². The minimum absolute atomic E-state index is 0.0863. The summed E-state index contributed by atoms with van der Waals surface area (Å²) in [5, 5.41) is 31.2. The molecule has 0 aromatic carbocycles. The highest BCUT2D eigenvalue weighted by Gasteiger charge is 2.76. The SMILES string of the molecule is C/C(C=C=C1C(C)(C)C[C@H](O)C[C@]1(C)O)=C/C=C/C(C)=C/C=C/C=C(C)/C=C/C=C(\C)C(=O)C[C@@]12O[C@]1(C)C[C@@H](O)CC2(C)C. The number of hydrogen-bond acceptors (Lipinski definition) is 5. The lowest BCUT2D eigenvalue weighted by atomic mass is 9.61. The number of allylic oxidation sites excluding steroid dienone is 14. The van der Waals surface area contributed by atoms with E-state index >= 15 is 0 Å². The van der Waals surface area contributed by atoms with Gasteiger partial charge in [0.2, 0.25) is 0 Å². The summed E-state index contributed by atoms with van der Waals surface area (Å²) in [6.07, 6.45) is 23.4. The minimum atomic E-state index is -1.07. The molecule has 0 aromatic heterocycles. The molecule has 0 amide bonds. The molecule has 2 aliphatic carbocycles. The van der Waals surface area contributed by atoms with Crippen LogP contribution in [-0.4, -0.2) is 50.1 Å². The number of epoxide rings is 1. The number of fused-ring (bicyclic) bond motifs is 1. The maximum Gasteiger partial charge on any atom is 0.161 e. The van der Waals surface area contributed by atoms with Crippen LogP contribution in [0.4, 0.5) is 0 Å². The van der Waals surface area contributed by atoms with Crippen LogP contribution >= 0.6 is 0 Å². The van der Waals surface area contributed by atoms with Crippen molar-refractivity contribution >= 4 is 5.78 Å². The van der Waals surface area contributed by atoms with Gasteiger partial charge in [-0.05, 0) is 82.4 Å². The van der Waals surface area contributed by atoms with Crippen LogP contribution in [0.15, 0.2) is 100 Å². The van der Waals surface area contributed by atoms with E-state index < -0.39 is 22.9 Å². The van der Waals surface area contributed by atoms with Crippen LogP contribution < -0.4 is 0 Å². The second kappa shape index (κ2) is 13.9. The molecule has 246 valence electrons. The highest BCUT2D eigenvalue weighted by molar-refractivity contribution is 5.96. The zero-order chi connectivity index (χ0) is 33.8. The predicted molar refractivity (Wildman–Crippen MR) is 185 cm³/mol. The van der Waals surface area contributed by atoms with Gasteiger partial charge in [0.25, 0.3) is 0 Å². The first-order chi connectivity index (χ1) is 20.7. The van der Waals surface area contributed by atoms with E-state index in [0.29, 0.717) is 37.7 Å². The Kier molecular flexibility index (Phi) is 11.3. The van der Waals surface area contributed by atoms with Crippen molar-refractivity contribution in [1.82, 2.24) is 0 Å². The largest absolute Gasteiger partial charge is 0.393 e. The standard InChI is InChI=1S/C40H56O5/c1-28(17-13-18-30(3)21-22-35-36(5,6)23-32(41)25-38(35,9)44)15-11-12-16-29(2)19-14-20-31(4)34(43)27-40-37(7,8)24-33(42)26-39(40,10)45-40/h11-21,32-33,41-42,44H,23-27H2,1-10H3/b12-11+,17-13+,19-14+,28-15+,29-16+,30-18-,31-20+/t22?,32-,33-,38-,39+,40-/m0/s1. The molecule has 5 heteroatoms. The molecule has 0 radical (unpaired) electrons. The smallest absolute Gasteiger partial charge is 0.161 e. The van der Waals surface area contributed by atoms with Crippen molar-refractivity contribution in [3.05, 3.63) is 100 Å². The van der Waals surface area contributed by atoms with Crippen molar-refractivity contribution in [2.24, 2.45) is 10.8 Å². The maximum atomic E-state index is 13.1. The van der Waals surface area contributed by atoms with Crippen molar-refractivity contribution < 1.29 is 24.9 Å². The third-order valence-corrected chi connectivity index (χ3v) is 9.82. The van der Waals surface area contributed by atoms with Crippen LogP contribution in [0.25, 0.3) is 0 Å².